The molecule has 9 heteroatoms. The summed E-state index contributed by atoms with van der Waals surface area (Å²) in [4.78, 5) is 31.9. The number of aryl methyl sites for hydroxylation is 1. The number of benzene rings is 2. The Morgan fingerprint density at radius 2 is 1.85 bits per heavy atom. The van der Waals surface area contributed by atoms with Crippen molar-refractivity contribution in [2.75, 3.05) is 33.3 Å². The summed E-state index contributed by atoms with van der Waals surface area (Å²) in [7, 11) is 1.57. The van der Waals surface area contributed by atoms with E-state index in [-0.39, 0.29) is 35.8 Å². The first-order valence-corrected chi connectivity index (χ1v) is 10.9. The molecular weight excluding hydrogens is 425 g/mol. The van der Waals surface area contributed by atoms with E-state index in [1.807, 2.05) is 4.90 Å². The monoisotopic (exact) mass is 451 g/mol. The number of aromatic nitrogens is 3. The van der Waals surface area contributed by atoms with Crippen LogP contribution in [0.4, 0.5) is 4.39 Å². The SMILES string of the molecule is COc1cccc(-c2nnc(CCC(=O)N3CCN(Cc4ccc(F)cc4)CC3)c(=O)[nH]2)c1. The Balaban J connectivity index is 1.28. The standard InChI is InChI=1S/C24H26FN5O3/c1-33-20-4-2-3-18(15-20)23-26-24(32)21(27-28-23)9-10-22(31)30-13-11-29(12-14-30)16-17-5-7-19(25)8-6-17/h2-8,15H,9-14,16H2,1H3,(H,26,28,32). The highest BCUT2D eigenvalue weighted by molar-refractivity contribution is 5.76. The molecule has 0 aliphatic carbocycles. The number of hydrogen-bond acceptors (Lipinski definition) is 6. The fourth-order valence-electron chi connectivity index (χ4n) is 3.81. The molecule has 4 rings (SSSR count). The van der Waals surface area contributed by atoms with Gasteiger partial charge in [0.15, 0.2) is 5.82 Å². The molecule has 1 amide bonds. The maximum atomic E-state index is 13.1. The van der Waals surface area contributed by atoms with Gasteiger partial charge in [0.05, 0.1) is 7.11 Å². The minimum Gasteiger partial charge on any atom is -0.497 e. The number of piperazine rings is 1. The molecule has 0 radical (unpaired) electrons. The van der Waals surface area contributed by atoms with Crippen molar-refractivity contribution >= 4 is 5.91 Å². The van der Waals surface area contributed by atoms with Crippen LogP contribution in [-0.4, -0.2) is 64.2 Å². The molecule has 8 nitrogen and oxygen atoms in total. The van der Waals surface area contributed by atoms with Crippen LogP contribution in [0, 0.1) is 5.82 Å². The number of ether oxygens (including phenoxy) is 1. The van der Waals surface area contributed by atoms with Gasteiger partial charge in [-0.1, -0.05) is 24.3 Å². The maximum Gasteiger partial charge on any atom is 0.273 e. The lowest BCUT2D eigenvalue weighted by Crippen LogP contribution is -2.48. The molecule has 33 heavy (non-hydrogen) atoms. The highest BCUT2D eigenvalue weighted by Gasteiger charge is 2.21. The van der Waals surface area contributed by atoms with Gasteiger partial charge in [0, 0.05) is 51.1 Å². The van der Waals surface area contributed by atoms with Crippen molar-refractivity contribution in [2.45, 2.75) is 19.4 Å². The number of hydrogen-bond donors (Lipinski definition) is 1. The second-order valence-corrected chi connectivity index (χ2v) is 7.96. The summed E-state index contributed by atoms with van der Waals surface area (Å²) in [5, 5.41) is 8.17. The summed E-state index contributed by atoms with van der Waals surface area (Å²) in [6.07, 6.45) is 0.434. The fraction of sp³-hybridized carbons (Fsp3) is 0.333. The molecule has 0 saturated carbocycles. The van der Waals surface area contributed by atoms with Crippen LogP contribution in [0.15, 0.2) is 53.3 Å². The predicted octanol–water partition coefficient (Wildman–Crippen LogP) is 2.26. The van der Waals surface area contributed by atoms with Gasteiger partial charge in [-0.25, -0.2) is 4.39 Å². The van der Waals surface area contributed by atoms with E-state index in [2.05, 4.69) is 20.1 Å². The van der Waals surface area contributed by atoms with Crippen molar-refractivity contribution in [1.29, 1.82) is 0 Å². The van der Waals surface area contributed by atoms with Crippen LogP contribution in [0.5, 0.6) is 5.75 Å². The molecular formula is C24H26FN5O3. The van der Waals surface area contributed by atoms with Crippen LogP contribution in [0.1, 0.15) is 17.7 Å². The van der Waals surface area contributed by atoms with E-state index in [9.17, 15) is 14.0 Å². The zero-order valence-corrected chi connectivity index (χ0v) is 18.5. The second-order valence-electron chi connectivity index (χ2n) is 7.96. The number of methoxy groups -OCH3 is 1. The number of nitrogens with one attached hydrogen (secondary N) is 1. The molecule has 2 heterocycles. The smallest absolute Gasteiger partial charge is 0.273 e. The van der Waals surface area contributed by atoms with Crippen molar-refractivity contribution in [3.63, 3.8) is 0 Å². The number of carbonyl (C=O) groups is 1. The van der Waals surface area contributed by atoms with Gasteiger partial charge >= 0.3 is 0 Å². The first-order valence-electron chi connectivity index (χ1n) is 10.9. The third kappa shape index (κ3) is 5.81. The number of carbonyl (C=O) groups excluding carboxylic acids is 1. The van der Waals surface area contributed by atoms with Crippen LogP contribution in [0.25, 0.3) is 11.4 Å². The lowest BCUT2D eigenvalue weighted by atomic mass is 10.1. The topological polar surface area (TPSA) is 91.4 Å². The van der Waals surface area contributed by atoms with Crippen LogP contribution >= 0.6 is 0 Å². The van der Waals surface area contributed by atoms with Crippen molar-refractivity contribution in [3.8, 4) is 17.1 Å². The van der Waals surface area contributed by atoms with Gasteiger partial charge in [-0.3, -0.25) is 14.5 Å². The number of aromatic amines is 1. The minimum atomic E-state index is -0.347. The Bertz CT molecular complexity index is 1160. The largest absolute Gasteiger partial charge is 0.497 e. The summed E-state index contributed by atoms with van der Waals surface area (Å²) in [6, 6.07) is 13.7. The summed E-state index contributed by atoms with van der Waals surface area (Å²) < 4.78 is 18.3. The predicted molar refractivity (Wildman–Crippen MR) is 121 cm³/mol. The lowest BCUT2D eigenvalue weighted by molar-refractivity contribution is -0.133. The number of halogens is 1. The van der Waals surface area contributed by atoms with Crippen molar-refractivity contribution in [1.82, 2.24) is 25.0 Å². The Kier molecular flexibility index (Phi) is 7.09. The summed E-state index contributed by atoms with van der Waals surface area (Å²) in [5.41, 5.74) is 1.64. The summed E-state index contributed by atoms with van der Waals surface area (Å²) >= 11 is 0. The molecule has 1 fully saturated rings. The van der Waals surface area contributed by atoms with E-state index >= 15 is 0 Å². The third-order valence-electron chi connectivity index (χ3n) is 5.73. The highest BCUT2D eigenvalue weighted by Crippen LogP contribution is 2.19. The van der Waals surface area contributed by atoms with Crippen LogP contribution in [0.3, 0.4) is 0 Å². The fourth-order valence-corrected chi connectivity index (χ4v) is 3.81. The molecule has 2 aromatic carbocycles. The second kappa shape index (κ2) is 10.4. The molecule has 1 N–H and O–H groups in total. The molecule has 1 aromatic heterocycles. The van der Waals surface area contributed by atoms with Crippen molar-refractivity contribution in [2.24, 2.45) is 0 Å². The minimum absolute atomic E-state index is 0.00509. The Morgan fingerprint density at radius 3 is 2.55 bits per heavy atom. The molecule has 0 spiro atoms. The van der Waals surface area contributed by atoms with Crippen LogP contribution < -0.4 is 10.3 Å². The zero-order valence-electron chi connectivity index (χ0n) is 18.5. The molecule has 1 saturated heterocycles. The van der Waals surface area contributed by atoms with Gasteiger partial charge < -0.3 is 14.6 Å². The number of H-pyrrole nitrogens is 1. The normalized spacial score (nSPS) is 14.3. The Hall–Kier alpha value is -3.59. The summed E-state index contributed by atoms with van der Waals surface area (Å²) in [5.74, 6) is 0.760. The van der Waals surface area contributed by atoms with E-state index in [0.29, 0.717) is 30.2 Å². The van der Waals surface area contributed by atoms with E-state index in [1.54, 1.807) is 43.5 Å². The Labute approximate surface area is 191 Å². The number of amides is 1. The first-order chi connectivity index (χ1) is 16.0. The highest BCUT2D eigenvalue weighted by atomic mass is 19.1. The quantitative estimate of drug-likeness (QED) is 0.593. The molecule has 3 aromatic rings. The van der Waals surface area contributed by atoms with Crippen molar-refractivity contribution in [3.05, 3.63) is 76.0 Å². The average molecular weight is 452 g/mol. The number of nitrogens with zero attached hydrogens (tertiary/aromatic N) is 4. The Morgan fingerprint density at radius 1 is 1.09 bits per heavy atom. The van der Waals surface area contributed by atoms with E-state index in [0.717, 1.165) is 25.2 Å². The first kappa shape index (κ1) is 22.6. The average Bonchev–Trinajstić information content (AvgIpc) is 2.85. The van der Waals surface area contributed by atoms with Crippen molar-refractivity contribution < 1.29 is 13.9 Å². The maximum absolute atomic E-state index is 13.1. The van der Waals surface area contributed by atoms with Gasteiger partial charge in [-0.15, -0.1) is 10.2 Å². The zero-order chi connectivity index (χ0) is 23.2. The van der Waals surface area contributed by atoms with Gasteiger partial charge in [0.25, 0.3) is 5.56 Å². The van der Waals surface area contributed by atoms with Gasteiger partial charge in [-0.2, -0.15) is 0 Å². The third-order valence-corrected chi connectivity index (χ3v) is 5.73. The van der Waals surface area contributed by atoms with Crippen LogP contribution in [0.2, 0.25) is 0 Å². The van der Waals surface area contributed by atoms with E-state index < -0.39 is 0 Å². The van der Waals surface area contributed by atoms with Gasteiger partial charge in [-0.05, 0) is 29.8 Å². The van der Waals surface area contributed by atoms with E-state index in [4.69, 9.17) is 4.74 Å². The number of rotatable bonds is 7. The molecule has 1 aliphatic heterocycles. The van der Waals surface area contributed by atoms with Gasteiger partial charge in [0.1, 0.15) is 17.3 Å². The molecule has 1 aliphatic rings. The molecule has 0 atom stereocenters. The molecule has 172 valence electrons. The molecule has 0 bridgehead atoms. The van der Waals surface area contributed by atoms with E-state index in [1.165, 1.54) is 12.1 Å². The summed E-state index contributed by atoms with van der Waals surface area (Å²) in [6.45, 7) is 3.47. The van der Waals surface area contributed by atoms with Gasteiger partial charge in [0.2, 0.25) is 5.91 Å². The van der Waals surface area contributed by atoms with Crippen LogP contribution in [-0.2, 0) is 17.8 Å². The molecule has 0 unspecified atom stereocenters. The lowest BCUT2D eigenvalue weighted by Gasteiger charge is -2.34.